The van der Waals surface area contributed by atoms with E-state index in [1.54, 1.807) is 6.07 Å². The zero-order valence-corrected chi connectivity index (χ0v) is 16.1. The summed E-state index contributed by atoms with van der Waals surface area (Å²) in [5, 5.41) is 16.1. The Bertz CT molecular complexity index is 1200. The van der Waals surface area contributed by atoms with Crippen LogP contribution in [0.2, 0.25) is 0 Å². The third kappa shape index (κ3) is 4.48. The van der Waals surface area contributed by atoms with Crippen LogP contribution in [0.5, 0.6) is 0 Å². The molecule has 0 aliphatic rings. The molecule has 0 saturated heterocycles. The molecule has 6 nitrogen and oxygen atoms in total. The lowest BCUT2D eigenvalue weighted by Gasteiger charge is -2.11. The summed E-state index contributed by atoms with van der Waals surface area (Å²) in [6, 6.07) is 9.70. The Balaban J connectivity index is 1.85. The second-order valence-corrected chi connectivity index (χ2v) is 6.78. The number of hydrogen-bond donors (Lipinski definition) is 2. The fourth-order valence-corrected chi connectivity index (χ4v) is 3.09. The number of pyridine rings is 1. The van der Waals surface area contributed by atoms with Gasteiger partial charge in [0.05, 0.1) is 22.5 Å². The van der Waals surface area contributed by atoms with Gasteiger partial charge >= 0.3 is 6.18 Å². The van der Waals surface area contributed by atoms with Crippen molar-refractivity contribution in [2.45, 2.75) is 12.6 Å². The number of halogens is 4. The van der Waals surface area contributed by atoms with Crippen LogP contribution in [0.1, 0.15) is 12.0 Å². The van der Waals surface area contributed by atoms with Crippen molar-refractivity contribution in [1.82, 2.24) is 19.6 Å². The number of aromatic nitrogens is 4. The third-order valence-corrected chi connectivity index (χ3v) is 4.59. The van der Waals surface area contributed by atoms with Crippen LogP contribution >= 0.6 is 0 Å². The van der Waals surface area contributed by atoms with Gasteiger partial charge in [-0.1, -0.05) is 0 Å². The minimum atomic E-state index is -4.58. The van der Waals surface area contributed by atoms with Gasteiger partial charge in [-0.2, -0.15) is 18.3 Å². The number of benzene rings is 1. The Hall–Kier alpha value is -3.53. The van der Waals surface area contributed by atoms with E-state index in [0.717, 1.165) is 16.8 Å². The summed E-state index contributed by atoms with van der Waals surface area (Å²) in [7, 11) is 0. The van der Waals surface area contributed by atoms with Crippen molar-refractivity contribution in [3.63, 3.8) is 0 Å². The van der Waals surface area contributed by atoms with E-state index in [4.69, 9.17) is 5.11 Å². The number of anilines is 1. The smallest absolute Gasteiger partial charge is 0.396 e. The first kappa shape index (κ1) is 20.7. The topological polar surface area (TPSA) is 75.3 Å². The van der Waals surface area contributed by atoms with Gasteiger partial charge in [-0.05, 0) is 48.9 Å². The number of hydrogen-bond acceptors (Lipinski definition) is 5. The molecule has 0 fully saturated rings. The highest BCUT2D eigenvalue weighted by Gasteiger charge is 2.32. The fraction of sp³-hybridized carbons (Fsp3) is 0.190. The molecule has 0 amide bonds. The summed E-state index contributed by atoms with van der Waals surface area (Å²) >= 11 is 0. The maximum absolute atomic E-state index is 13.5. The minimum absolute atomic E-state index is 0.0110. The van der Waals surface area contributed by atoms with Gasteiger partial charge in [0.1, 0.15) is 5.82 Å². The molecule has 0 spiro atoms. The van der Waals surface area contributed by atoms with Gasteiger partial charge in [0.15, 0.2) is 0 Å². The third-order valence-electron chi connectivity index (χ3n) is 4.59. The van der Waals surface area contributed by atoms with E-state index in [1.807, 2.05) is 0 Å². The highest BCUT2D eigenvalue weighted by Crippen LogP contribution is 2.35. The van der Waals surface area contributed by atoms with Crippen LogP contribution in [0.15, 0.2) is 54.9 Å². The number of aliphatic hydroxyl groups excluding tert-OH is 1. The van der Waals surface area contributed by atoms with Crippen LogP contribution in [0.3, 0.4) is 0 Å². The van der Waals surface area contributed by atoms with Crippen LogP contribution in [0, 0.1) is 5.82 Å². The number of alkyl halides is 3. The van der Waals surface area contributed by atoms with Crippen molar-refractivity contribution in [2.75, 3.05) is 18.5 Å². The molecule has 0 aliphatic carbocycles. The largest absolute Gasteiger partial charge is 0.417 e. The monoisotopic (exact) mass is 431 g/mol. The molecule has 1 aromatic carbocycles. The molecule has 0 bridgehead atoms. The first-order valence-electron chi connectivity index (χ1n) is 9.40. The molecule has 2 N–H and O–H groups in total. The number of fused-ring (bicyclic) bond motifs is 1. The summed E-state index contributed by atoms with van der Waals surface area (Å²) in [5.74, 6) is -0.186. The lowest BCUT2D eigenvalue weighted by molar-refractivity contribution is -0.137. The SMILES string of the molecule is OCCCNc1nccc(-c2cc(C(F)(F)F)cn3nc(-c4ccc(F)cc4)cc23)n1. The number of nitrogens with zero attached hydrogens (tertiary/aromatic N) is 4. The van der Waals surface area contributed by atoms with Gasteiger partial charge in [-0.3, -0.25) is 0 Å². The number of rotatable bonds is 6. The number of nitrogens with one attached hydrogen (secondary N) is 1. The highest BCUT2D eigenvalue weighted by molar-refractivity contribution is 5.82. The summed E-state index contributed by atoms with van der Waals surface area (Å²) in [6.45, 7) is 0.405. The lowest BCUT2D eigenvalue weighted by Crippen LogP contribution is -2.09. The predicted octanol–water partition coefficient (Wildman–Crippen LogP) is 4.41. The van der Waals surface area contributed by atoms with Gasteiger partial charge in [0.2, 0.25) is 5.95 Å². The minimum Gasteiger partial charge on any atom is -0.396 e. The molecular weight excluding hydrogens is 414 g/mol. The summed E-state index contributed by atoms with van der Waals surface area (Å²) in [4.78, 5) is 8.38. The maximum Gasteiger partial charge on any atom is 0.417 e. The molecule has 4 aromatic rings. The van der Waals surface area contributed by atoms with Gasteiger partial charge < -0.3 is 10.4 Å². The van der Waals surface area contributed by atoms with Crippen molar-refractivity contribution in [3.8, 4) is 22.5 Å². The van der Waals surface area contributed by atoms with Crippen LogP contribution < -0.4 is 5.32 Å². The van der Waals surface area contributed by atoms with Crippen molar-refractivity contribution in [2.24, 2.45) is 0 Å². The first-order valence-corrected chi connectivity index (χ1v) is 9.40. The van der Waals surface area contributed by atoms with E-state index in [1.165, 1.54) is 36.5 Å². The molecule has 160 valence electrons. The Morgan fingerprint density at radius 1 is 1.03 bits per heavy atom. The van der Waals surface area contributed by atoms with E-state index < -0.39 is 17.6 Å². The van der Waals surface area contributed by atoms with E-state index >= 15 is 0 Å². The zero-order chi connectivity index (χ0) is 22.0. The van der Waals surface area contributed by atoms with Crippen molar-refractivity contribution < 1.29 is 22.7 Å². The predicted molar refractivity (Wildman–Crippen MR) is 107 cm³/mol. The van der Waals surface area contributed by atoms with Gasteiger partial charge in [0, 0.05) is 36.7 Å². The Kier molecular flexibility index (Phi) is 5.55. The summed E-state index contributed by atoms with van der Waals surface area (Å²) in [6.07, 6.45) is -1.75. The molecule has 0 unspecified atom stereocenters. The molecule has 10 heteroatoms. The van der Waals surface area contributed by atoms with Crippen LogP contribution in [-0.4, -0.2) is 37.8 Å². The van der Waals surface area contributed by atoms with Crippen LogP contribution in [-0.2, 0) is 6.18 Å². The first-order chi connectivity index (χ1) is 14.8. The van der Waals surface area contributed by atoms with Gasteiger partial charge in [0.25, 0.3) is 0 Å². The lowest BCUT2D eigenvalue weighted by atomic mass is 10.1. The average Bonchev–Trinajstić information content (AvgIpc) is 3.17. The standard InChI is InChI=1S/C21H17F4N5O/c22-15-4-2-13(3-5-15)18-11-19-16(10-14(21(23,24)25)12-30(19)29-18)17-6-8-27-20(28-17)26-7-1-9-31/h2-6,8,10-12,31H,1,7,9H2,(H,26,27,28). The van der Waals surface area contributed by atoms with Crippen LogP contribution in [0.25, 0.3) is 28.0 Å². The molecule has 3 aromatic heterocycles. The second kappa shape index (κ2) is 8.31. The van der Waals surface area contributed by atoms with Crippen molar-refractivity contribution >= 4 is 11.5 Å². The van der Waals surface area contributed by atoms with Crippen molar-refractivity contribution in [3.05, 3.63) is 66.2 Å². The quantitative estimate of drug-likeness (QED) is 0.349. The van der Waals surface area contributed by atoms with Gasteiger partial charge in [-0.25, -0.2) is 18.9 Å². The molecular formula is C21H17F4N5O. The Labute approximate surface area is 174 Å². The number of aliphatic hydroxyl groups is 1. The van der Waals surface area contributed by atoms with Crippen molar-refractivity contribution in [1.29, 1.82) is 0 Å². The fourth-order valence-electron chi connectivity index (χ4n) is 3.09. The summed E-state index contributed by atoms with van der Waals surface area (Å²) in [5.41, 5.74) is 1.01. The molecule has 0 atom stereocenters. The molecule has 31 heavy (non-hydrogen) atoms. The molecule has 4 rings (SSSR count). The van der Waals surface area contributed by atoms with E-state index in [9.17, 15) is 17.6 Å². The molecule has 0 aliphatic heterocycles. The Morgan fingerprint density at radius 3 is 2.52 bits per heavy atom. The second-order valence-electron chi connectivity index (χ2n) is 6.78. The molecule has 0 saturated carbocycles. The van der Waals surface area contributed by atoms with E-state index in [-0.39, 0.29) is 23.8 Å². The summed E-state index contributed by atoms with van der Waals surface area (Å²) < 4.78 is 54.9. The highest BCUT2D eigenvalue weighted by atomic mass is 19.4. The van der Waals surface area contributed by atoms with Gasteiger partial charge in [-0.15, -0.1) is 0 Å². The average molecular weight is 431 g/mol. The van der Waals surface area contributed by atoms with Crippen LogP contribution in [0.4, 0.5) is 23.5 Å². The zero-order valence-electron chi connectivity index (χ0n) is 16.1. The Morgan fingerprint density at radius 2 is 1.81 bits per heavy atom. The molecule has 0 radical (unpaired) electrons. The normalized spacial score (nSPS) is 11.8. The maximum atomic E-state index is 13.5. The van der Waals surface area contributed by atoms with E-state index in [0.29, 0.717) is 29.7 Å². The van der Waals surface area contributed by atoms with E-state index in [2.05, 4.69) is 20.4 Å². The molecule has 3 heterocycles.